The van der Waals surface area contributed by atoms with Crippen LogP contribution in [0.2, 0.25) is 0 Å². The van der Waals surface area contributed by atoms with E-state index in [2.05, 4.69) is 13.8 Å². The van der Waals surface area contributed by atoms with Crippen molar-refractivity contribution in [2.75, 3.05) is 19.7 Å². The molecule has 0 fully saturated rings. The van der Waals surface area contributed by atoms with Gasteiger partial charge in [0.15, 0.2) is 0 Å². The number of carbonyl (C=O) groups excluding carboxylic acids is 1. The molecule has 0 aliphatic carbocycles. The number of aliphatic hydroxyl groups excluding tert-OH is 2. The fourth-order valence-electron chi connectivity index (χ4n) is 5.99. The molecule has 1 atom stereocenters. The van der Waals surface area contributed by atoms with Crippen LogP contribution in [0.15, 0.2) is 0 Å². The first-order valence-electron chi connectivity index (χ1n) is 18.7. The number of nitrogens with zero attached hydrogens (tertiary/aromatic N) is 1. The molecule has 0 saturated carbocycles. The second-order valence-corrected chi connectivity index (χ2v) is 12.9. The summed E-state index contributed by atoms with van der Waals surface area (Å²) in [6, 6.07) is 0. The topological polar surface area (TPSA) is 60.8 Å². The first-order valence-corrected chi connectivity index (χ1v) is 18.7. The Morgan fingerprint density at radius 1 is 0.512 bits per heavy atom. The van der Waals surface area contributed by atoms with Crippen LogP contribution in [0, 0.1) is 0 Å². The van der Waals surface area contributed by atoms with E-state index in [4.69, 9.17) is 0 Å². The highest BCUT2D eigenvalue weighted by molar-refractivity contribution is 5.76. The van der Waals surface area contributed by atoms with Crippen LogP contribution in [0.25, 0.3) is 0 Å². The molecule has 0 rings (SSSR count). The summed E-state index contributed by atoms with van der Waals surface area (Å²) in [5.41, 5.74) is 0. The summed E-state index contributed by atoms with van der Waals surface area (Å²) >= 11 is 0. The van der Waals surface area contributed by atoms with E-state index in [0.717, 1.165) is 25.7 Å². The first kappa shape index (κ1) is 40.4. The molecular weight excluding hydrogens is 506 g/mol. The van der Waals surface area contributed by atoms with E-state index < -0.39 is 6.10 Å². The summed E-state index contributed by atoms with van der Waals surface area (Å²) in [5, 5.41) is 19.9. The van der Waals surface area contributed by atoms with Gasteiger partial charge in [-0.05, 0) is 12.8 Å². The van der Waals surface area contributed by atoms with E-state index in [9.17, 15) is 15.0 Å². The van der Waals surface area contributed by atoms with Crippen LogP contribution in [0.5, 0.6) is 0 Å². The number of unbranched alkanes of at least 4 members (excludes halogenated alkanes) is 26. The molecule has 0 bridgehead atoms. The molecule has 0 heterocycles. The second kappa shape index (κ2) is 33.9. The Kier molecular flexibility index (Phi) is 33.4. The molecule has 0 spiro atoms. The van der Waals surface area contributed by atoms with Crippen LogP contribution in [0.3, 0.4) is 0 Å². The summed E-state index contributed by atoms with van der Waals surface area (Å²) in [5.74, 6) is 0.0951. The van der Waals surface area contributed by atoms with Gasteiger partial charge in [0.25, 0.3) is 0 Å². The van der Waals surface area contributed by atoms with Crippen LogP contribution in [0.4, 0.5) is 0 Å². The van der Waals surface area contributed by atoms with Crippen molar-refractivity contribution >= 4 is 5.91 Å². The molecule has 0 aliphatic rings. The zero-order chi connectivity index (χ0) is 30.1. The summed E-state index contributed by atoms with van der Waals surface area (Å²) in [6.07, 6.45) is 37.9. The van der Waals surface area contributed by atoms with E-state index in [0.29, 0.717) is 19.5 Å². The van der Waals surface area contributed by atoms with Crippen molar-refractivity contribution in [2.45, 2.75) is 213 Å². The number of carbonyl (C=O) groups is 1. The second-order valence-electron chi connectivity index (χ2n) is 12.9. The van der Waals surface area contributed by atoms with Crippen molar-refractivity contribution in [3.05, 3.63) is 0 Å². The van der Waals surface area contributed by atoms with E-state index in [1.54, 1.807) is 4.90 Å². The van der Waals surface area contributed by atoms with Gasteiger partial charge in [0.05, 0.1) is 12.7 Å². The van der Waals surface area contributed by atoms with E-state index in [1.807, 2.05) is 0 Å². The maximum Gasteiger partial charge on any atom is 0.222 e. The molecule has 0 aromatic heterocycles. The highest BCUT2D eigenvalue weighted by atomic mass is 16.3. The summed E-state index contributed by atoms with van der Waals surface area (Å²) in [7, 11) is 0. The van der Waals surface area contributed by atoms with Gasteiger partial charge in [-0.2, -0.15) is 0 Å². The predicted octanol–water partition coefficient (Wildman–Crippen LogP) is 10.9. The summed E-state index contributed by atoms with van der Waals surface area (Å²) in [6.45, 7) is 5.23. The molecule has 2 N–H and O–H groups in total. The summed E-state index contributed by atoms with van der Waals surface area (Å²) < 4.78 is 0. The largest absolute Gasteiger partial charge is 0.395 e. The average molecular weight is 582 g/mol. The van der Waals surface area contributed by atoms with E-state index in [-0.39, 0.29) is 12.5 Å². The van der Waals surface area contributed by atoms with Crippen LogP contribution in [-0.2, 0) is 4.79 Å². The van der Waals surface area contributed by atoms with E-state index in [1.165, 1.54) is 161 Å². The molecule has 4 heteroatoms. The maximum atomic E-state index is 12.7. The SMILES string of the molecule is CCCCCCCCCCCCCCCCCC(O)CN(CCO)C(=O)CCCCCCCCCCCCCCC. The normalized spacial score (nSPS) is 12.2. The molecule has 41 heavy (non-hydrogen) atoms. The van der Waals surface area contributed by atoms with Gasteiger partial charge in [-0.15, -0.1) is 0 Å². The van der Waals surface area contributed by atoms with Crippen LogP contribution in [-0.4, -0.2) is 46.8 Å². The lowest BCUT2D eigenvalue weighted by molar-refractivity contribution is -0.133. The third-order valence-electron chi connectivity index (χ3n) is 8.79. The minimum absolute atomic E-state index is 0.0317. The quantitative estimate of drug-likeness (QED) is 0.0743. The van der Waals surface area contributed by atoms with Crippen molar-refractivity contribution in [1.29, 1.82) is 0 Å². The Labute approximate surface area is 257 Å². The van der Waals surface area contributed by atoms with Crippen molar-refractivity contribution in [3.63, 3.8) is 0 Å². The lowest BCUT2D eigenvalue weighted by Crippen LogP contribution is -2.39. The number of rotatable bonds is 34. The van der Waals surface area contributed by atoms with E-state index >= 15 is 0 Å². The molecule has 4 nitrogen and oxygen atoms in total. The molecule has 1 amide bonds. The lowest BCUT2D eigenvalue weighted by Gasteiger charge is -2.25. The van der Waals surface area contributed by atoms with Gasteiger partial charge >= 0.3 is 0 Å². The monoisotopic (exact) mass is 582 g/mol. The average Bonchev–Trinajstić information content (AvgIpc) is 2.97. The van der Waals surface area contributed by atoms with Gasteiger partial charge < -0.3 is 15.1 Å². The van der Waals surface area contributed by atoms with Gasteiger partial charge in [-0.3, -0.25) is 4.79 Å². The predicted molar refractivity (Wildman–Crippen MR) is 180 cm³/mol. The van der Waals surface area contributed by atoms with Gasteiger partial charge in [-0.1, -0.05) is 187 Å². The number of aliphatic hydroxyl groups is 2. The first-order chi connectivity index (χ1) is 20.2. The van der Waals surface area contributed by atoms with Crippen molar-refractivity contribution in [2.24, 2.45) is 0 Å². The van der Waals surface area contributed by atoms with Gasteiger partial charge in [0.2, 0.25) is 5.91 Å². The van der Waals surface area contributed by atoms with Gasteiger partial charge in [0.1, 0.15) is 0 Å². The number of amides is 1. The summed E-state index contributed by atoms with van der Waals surface area (Å²) in [4.78, 5) is 14.4. The Morgan fingerprint density at radius 2 is 0.829 bits per heavy atom. The minimum atomic E-state index is -0.473. The fourth-order valence-corrected chi connectivity index (χ4v) is 5.99. The Morgan fingerprint density at radius 3 is 1.17 bits per heavy atom. The molecule has 0 aliphatic heterocycles. The Bertz CT molecular complexity index is 512. The molecule has 1 unspecified atom stereocenters. The Balaban J connectivity index is 3.63. The van der Waals surface area contributed by atoms with Crippen LogP contribution < -0.4 is 0 Å². The van der Waals surface area contributed by atoms with Crippen molar-refractivity contribution in [1.82, 2.24) is 4.90 Å². The molecule has 0 radical (unpaired) electrons. The van der Waals surface area contributed by atoms with Crippen molar-refractivity contribution in [3.8, 4) is 0 Å². The Hall–Kier alpha value is -0.610. The van der Waals surface area contributed by atoms with Crippen LogP contribution in [0.1, 0.15) is 206 Å². The smallest absolute Gasteiger partial charge is 0.222 e. The molecule has 246 valence electrons. The standard InChI is InChI=1S/C37H75NO3/c1-3-5-7-9-11-13-15-17-18-20-21-23-25-27-29-31-36(40)35-38(33-34-39)37(41)32-30-28-26-24-22-19-16-14-12-10-8-6-4-2/h36,39-40H,3-35H2,1-2H3. The minimum Gasteiger partial charge on any atom is -0.395 e. The zero-order valence-corrected chi connectivity index (χ0v) is 28.2. The highest BCUT2D eigenvalue weighted by Gasteiger charge is 2.16. The fraction of sp³-hybridized carbons (Fsp3) is 0.973. The molecule has 0 aromatic rings. The zero-order valence-electron chi connectivity index (χ0n) is 28.2. The molecule has 0 saturated heterocycles. The van der Waals surface area contributed by atoms with Gasteiger partial charge in [0, 0.05) is 19.5 Å². The third kappa shape index (κ3) is 30.6. The highest BCUT2D eigenvalue weighted by Crippen LogP contribution is 2.16. The number of hydrogen-bond donors (Lipinski definition) is 2. The van der Waals surface area contributed by atoms with Crippen molar-refractivity contribution < 1.29 is 15.0 Å². The van der Waals surface area contributed by atoms with Crippen LogP contribution >= 0.6 is 0 Å². The number of hydrogen-bond acceptors (Lipinski definition) is 3. The van der Waals surface area contributed by atoms with Gasteiger partial charge in [-0.25, -0.2) is 0 Å². The third-order valence-corrected chi connectivity index (χ3v) is 8.79. The molecule has 0 aromatic carbocycles. The maximum absolute atomic E-state index is 12.7. The lowest BCUT2D eigenvalue weighted by atomic mass is 10.0. The molecular formula is C37H75NO3.